The van der Waals surface area contributed by atoms with Gasteiger partial charge in [-0.05, 0) is 25.1 Å². The molecule has 2 aliphatic heterocycles. The Balaban J connectivity index is 1.52. The topological polar surface area (TPSA) is 67.8 Å². The molecule has 1 amide bonds. The number of hydrogen-bond donors (Lipinski definition) is 0. The molecule has 0 spiro atoms. The Morgan fingerprint density at radius 3 is 2.88 bits per heavy atom. The molecule has 0 radical (unpaired) electrons. The Labute approximate surface area is 152 Å². The third-order valence-corrected chi connectivity index (χ3v) is 4.99. The average molecular weight is 354 g/mol. The number of carbonyl (C=O) groups is 1. The fourth-order valence-electron chi connectivity index (χ4n) is 3.69. The quantitative estimate of drug-likeness (QED) is 0.833. The maximum Gasteiger partial charge on any atom is 0.255 e. The first-order valence-corrected chi connectivity index (χ1v) is 8.76. The molecule has 4 rings (SSSR count). The van der Waals surface area contributed by atoms with Crippen LogP contribution in [-0.2, 0) is 4.74 Å². The summed E-state index contributed by atoms with van der Waals surface area (Å²) in [6.07, 6.45) is 3.41. The van der Waals surface area contributed by atoms with Gasteiger partial charge in [-0.3, -0.25) is 9.78 Å². The second-order valence-electron chi connectivity index (χ2n) is 6.62. The fraction of sp³-hybridized carbons (Fsp3) is 0.421. The zero-order valence-electron chi connectivity index (χ0n) is 15.0. The lowest BCUT2D eigenvalue weighted by Gasteiger charge is -2.38. The van der Waals surface area contributed by atoms with Crippen molar-refractivity contribution in [1.29, 1.82) is 0 Å². The van der Waals surface area contributed by atoms with E-state index in [4.69, 9.17) is 9.47 Å². The van der Waals surface area contributed by atoms with Crippen LogP contribution in [0.4, 0.5) is 5.69 Å². The maximum atomic E-state index is 12.8. The number of aryl methyl sites for hydroxylation is 1. The largest absolute Gasteiger partial charge is 0.481 e. The predicted molar refractivity (Wildman–Crippen MR) is 96.5 cm³/mol. The van der Waals surface area contributed by atoms with E-state index in [0.717, 1.165) is 17.9 Å². The number of amides is 1. The molecular formula is C19H22N4O3. The summed E-state index contributed by atoms with van der Waals surface area (Å²) >= 11 is 0. The third kappa shape index (κ3) is 3.10. The molecule has 136 valence electrons. The Hall–Kier alpha value is -2.67. The molecule has 0 unspecified atom stereocenters. The van der Waals surface area contributed by atoms with Crippen LogP contribution >= 0.6 is 0 Å². The van der Waals surface area contributed by atoms with E-state index in [0.29, 0.717) is 31.1 Å². The monoisotopic (exact) mass is 354 g/mol. The number of hydrogen-bond acceptors (Lipinski definition) is 6. The van der Waals surface area contributed by atoms with Crippen LogP contribution in [0, 0.1) is 6.92 Å². The van der Waals surface area contributed by atoms with Crippen LogP contribution in [0.2, 0.25) is 0 Å². The summed E-state index contributed by atoms with van der Waals surface area (Å²) in [5, 5.41) is 0. The van der Waals surface area contributed by atoms with Crippen LogP contribution in [0.25, 0.3) is 0 Å². The minimum absolute atomic E-state index is 0.0207. The molecule has 26 heavy (non-hydrogen) atoms. The summed E-state index contributed by atoms with van der Waals surface area (Å²) in [6, 6.07) is 7.72. The van der Waals surface area contributed by atoms with Gasteiger partial charge in [0, 0.05) is 49.5 Å². The molecule has 2 saturated heterocycles. The van der Waals surface area contributed by atoms with Gasteiger partial charge in [-0.15, -0.1) is 0 Å². The SMILES string of the molecule is COc1ccc(C(=O)N2C[C@@H]3OCCN(c4ccnc(C)c4)[C@H]3C2)cn1. The van der Waals surface area contributed by atoms with E-state index in [1.165, 1.54) is 0 Å². The average Bonchev–Trinajstić information content (AvgIpc) is 3.11. The molecular weight excluding hydrogens is 332 g/mol. The molecule has 2 aromatic rings. The van der Waals surface area contributed by atoms with Gasteiger partial charge in [0.15, 0.2) is 0 Å². The maximum absolute atomic E-state index is 12.8. The highest BCUT2D eigenvalue weighted by atomic mass is 16.5. The van der Waals surface area contributed by atoms with Crippen molar-refractivity contribution >= 4 is 11.6 Å². The van der Waals surface area contributed by atoms with Crippen molar-refractivity contribution in [1.82, 2.24) is 14.9 Å². The molecule has 7 nitrogen and oxygen atoms in total. The Morgan fingerprint density at radius 1 is 1.27 bits per heavy atom. The number of methoxy groups -OCH3 is 1. The summed E-state index contributed by atoms with van der Waals surface area (Å²) < 4.78 is 11.0. The molecule has 7 heteroatoms. The molecule has 2 fully saturated rings. The van der Waals surface area contributed by atoms with Crippen LogP contribution < -0.4 is 9.64 Å². The number of rotatable bonds is 3. The molecule has 0 aliphatic carbocycles. The lowest BCUT2D eigenvalue weighted by atomic mass is 10.1. The zero-order valence-corrected chi connectivity index (χ0v) is 15.0. The van der Waals surface area contributed by atoms with Crippen LogP contribution in [0.15, 0.2) is 36.7 Å². The molecule has 4 heterocycles. The first-order valence-electron chi connectivity index (χ1n) is 8.76. The van der Waals surface area contributed by atoms with Crippen molar-refractivity contribution in [2.24, 2.45) is 0 Å². The van der Waals surface area contributed by atoms with Gasteiger partial charge in [0.25, 0.3) is 5.91 Å². The fourth-order valence-corrected chi connectivity index (χ4v) is 3.69. The smallest absolute Gasteiger partial charge is 0.255 e. The van der Waals surface area contributed by atoms with Crippen molar-refractivity contribution in [3.63, 3.8) is 0 Å². The standard InChI is InChI=1S/C19H22N4O3/c1-13-9-15(5-6-20-13)23-7-8-26-17-12-22(11-16(17)23)19(24)14-3-4-18(25-2)21-10-14/h3-6,9-10,16-17H,7-8,11-12H2,1-2H3/t16-,17-/m0/s1. The number of aromatic nitrogens is 2. The van der Waals surface area contributed by atoms with E-state index in [1.54, 1.807) is 25.4 Å². The number of carbonyl (C=O) groups excluding carboxylic acids is 1. The molecule has 2 aromatic heterocycles. The van der Waals surface area contributed by atoms with Crippen LogP contribution in [-0.4, -0.2) is 66.3 Å². The second kappa shape index (κ2) is 6.92. The lowest BCUT2D eigenvalue weighted by Crippen LogP contribution is -2.51. The Kier molecular flexibility index (Phi) is 4.46. The minimum atomic E-state index is -0.0241. The number of likely N-dealkylation sites (tertiary alicyclic amines) is 1. The van der Waals surface area contributed by atoms with Gasteiger partial charge in [0.05, 0.1) is 31.4 Å². The van der Waals surface area contributed by atoms with Gasteiger partial charge >= 0.3 is 0 Å². The third-order valence-electron chi connectivity index (χ3n) is 4.99. The molecule has 2 atom stereocenters. The number of ether oxygens (including phenoxy) is 2. The molecule has 0 N–H and O–H groups in total. The van der Waals surface area contributed by atoms with Crippen molar-refractivity contribution in [2.75, 3.05) is 38.3 Å². The normalized spacial score (nSPS) is 22.2. The van der Waals surface area contributed by atoms with E-state index < -0.39 is 0 Å². The van der Waals surface area contributed by atoms with Crippen molar-refractivity contribution in [2.45, 2.75) is 19.1 Å². The summed E-state index contributed by atoms with van der Waals surface area (Å²) in [7, 11) is 1.56. The molecule has 0 aromatic carbocycles. The van der Waals surface area contributed by atoms with Gasteiger partial charge in [-0.25, -0.2) is 4.98 Å². The Bertz CT molecular complexity index is 796. The summed E-state index contributed by atoms with van der Waals surface area (Å²) in [4.78, 5) is 25.4. The van der Waals surface area contributed by atoms with Crippen LogP contribution in [0.3, 0.4) is 0 Å². The molecule has 0 saturated carbocycles. The molecule has 0 bridgehead atoms. The van der Waals surface area contributed by atoms with Gasteiger partial charge in [-0.2, -0.15) is 0 Å². The van der Waals surface area contributed by atoms with Crippen molar-refractivity contribution in [3.05, 3.63) is 47.9 Å². The van der Waals surface area contributed by atoms with E-state index >= 15 is 0 Å². The zero-order chi connectivity index (χ0) is 18.1. The van der Waals surface area contributed by atoms with Gasteiger partial charge in [0.1, 0.15) is 0 Å². The highest BCUT2D eigenvalue weighted by molar-refractivity contribution is 5.94. The van der Waals surface area contributed by atoms with Crippen LogP contribution in [0.5, 0.6) is 5.88 Å². The van der Waals surface area contributed by atoms with E-state index in [9.17, 15) is 4.79 Å². The first-order chi connectivity index (χ1) is 12.7. The van der Waals surface area contributed by atoms with Gasteiger partial charge in [0.2, 0.25) is 5.88 Å². The van der Waals surface area contributed by atoms with Gasteiger partial charge in [-0.1, -0.05) is 0 Å². The van der Waals surface area contributed by atoms with Gasteiger partial charge < -0.3 is 19.3 Å². The van der Waals surface area contributed by atoms with E-state index in [1.807, 2.05) is 24.1 Å². The van der Waals surface area contributed by atoms with Crippen LogP contribution in [0.1, 0.15) is 16.1 Å². The summed E-state index contributed by atoms with van der Waals surface area (Å²) in [5.41, 5.74) is 2.69. The minimum Gasteiger partial charge on any atom is -0.481 e. The van der Waals surface area contributed by atoms with Crippen molar-refractivity contribution < 1.29 is 14.3 Å². The second-order valence-corrected chi connectivity index (χ2v) is 6.62. The number of anilines is 1. The van der Waals surface area contributed by atoms with E-state index in [2.05, 4.69) is 20.9 Å². The first kappa shape index (κ1) is 16.8. The predicted octanol–water partition coefficient (Wildman–Crippen LogP) is 1.52. The Morgan fingerprint density at radius 2 is 2.15 bits per heavy atom. The number of pyridine rings is 2. The highest BCUT2D eigenvalue weighted by Gasteiger charge is 2.42. The highest BCUT2D eigenvalue weighted by Crippen LogP contribution is 2.29. The summed E-state index contributed by atoms with van der Waals surface area (Å²) in [5.74, 6) is 0.475. The number of morpholine rings is 1. The number of nitrogens with zero attached hydrogens (tertiary/aromatic N) is 4. The summed E-state index contributed by atoms with van der Waals surface area (Å²) in [6.45, 7) is 4.70. The van der Waals surface area contributed by atoms with Crippen molar-refractivity contribution in [3.8, 4) is 5.88 Å². The lowest BCUT2D eigenvalue weighted by molar-refractivity contribution is 0.0302. The molecule has 2 aliphatic rings. The number of fused-ring (bicyclic) bond motifs is 1. The van der Waals surface area contributed by atoms with E-state index in [-0.39, 0.29) is 18.1 Å².